The first-order valence-electron chi connectivity index (χ1n) is 9.50. The van der Waals surface area contributed by atoms with Gasteiger partial charge in [-0.3, -0.25) is 4.79 Å². The maximum absolute atomic E-state index is 12.4. The molecule has 0 aliphatic heterocycles. The fourth-order valence-corrected chi connectivity index (χ4v) is 3.76. The van der Waals surface area contributed by atoms with Gasteiger partial charge in [-0.05, 0) is 73.8 Å². The van der Waals surface area contributed by atoms with Crippen molar-refractivity contribution in [3.05, 3.63) is 28.3 Å². The molecule has 1 aliphatic carbocycles. The second kappa shape index (κ2) is 9.23. The highest BCUT2D eigenvalue weighted by atomic mass is 16.5. The average molecular weight is 347 g/mol. The quantitative estimate of drug-likeness (QED) is 0.731. The third-order valence-corrected chi connectivity index (χ3v) is 5.43. The summed E-state index contributed by atoms with van der Waals surface area (Å²) in [4.78, 5) is 12.4. The van der Waals surface area contributed by atoms with Crippen LogP contribution in [0.2, 0.25) is 0 Å². The minimum Gasteiger partial charge on any atom is -0.493 e. The van der Waals surface area contributed by atoms with Crippen molar-refractivity contribution >= 4 is 5.91 Å². The van der Waals surface area contributed by atoms with Gasteiger partial charge in [0.1, 0.15) is 5.75 Å². The Morgan fingerprint density at radius 2 is 2.08 bits per heavy atom. The number of carbonyl (C=O) groups excluding carboxylic acids is 1. The Bertz CT molecular complexity index is 597. The van der Waals surface area contributed by atoms with Gasteiger partial charge in [-0.15, -0.1) is 0 Å². The zero-order valence-corrected chi connectivity index (χ0v) is 16.4. The molecule has 2 rings (SSSR count). The molecular weight excluding hydrogens is 314 g/mol. The number of hydrogen-bond donors (Lipinski definition) is 1. The van der Waals surface area contributed by atoms with Gasteiger partial charge in [0.05, 0.1) is 13.2 Å². The maximum atomic E-state index is 12.4. The van der Waals surface area contributed by atoms with Crippen LogP contribution in [0.4, 0.5) is 0 Å². The van der Waals surface area contributed by atoms with Crippen molar-refractivity contribution in [2.45, 2.75) is 53.4 Å². The molecule has 0 aromatic heterocycles. The van der Waals surface area contributed by atoms with Crippen molar-refractivity contribution in [1.29, 1.82) is 0 Å². The summed E-state index contributed by atoms with van der Waals surface area (Å²) >= 11 is 0. The molecule has 4 heteroatoms. The molecule has 140 valence electrons. The third kappa shape index (κ3) is 4.75. The van der Waals surface area contributed by atoms with E-state index in [2.05, 4.69) is 39.1 Å². The smallest absolute Gasteiger partial charge is 0.223 e. The normalized spacial score (nSPS) is 17.7. The summed E-state index contributed by atoms with van der Waals surface area (Å²) in [7, 11) is 1.65. The first-order valence-corrected chi connectivity index (χ1v) is 9.50. The molecule has 1 aliphatic rings. The first-order chi connectivity index (χ1) is 12.0. The van der Waals surface area contributed by atoms with Gasteiger partial charge in [-0.1, -0.05) is 13.8 Å². The summed E-state index contributed by atoms with van der Waals surface area (Å²) in [5, 5.41) is 2.98. The summed E-state index contributed by atoms with van der Waals surface area (Å²) in [6, 6.07) is 2.19. The van der Waals surface area contributed by atoms with Crippen molar-refractivity contribution in [1.82, 2.24) is 5.32 Å². The highest BCUT2D eigenvalue weighted by Crippen LogP contribution is 2.37. The minimum atomic E-state index is 0.0185. The average Bonchev–Trinajstić information content (AvgIpc) is 2.62. The monoisotopic (exact) mass is 347 g/mol. The standard InChI is InChI=1S/C21H33NO3/c1-6-10-25-20-12-14(2)18-8-7-17(13-19(18)16(20)4)15(3)21(23)22-9-11-24-5/h12,15,17H,6-11,13H2,1-5H3,(H,22,23). The molecule has 0 spiro atoms. The van der Waals surface area contributed by atoms with Gasteiger partial charge < -0.3 is 14.8 Å². The number of benzene rings is 1. The van der Waals surface area contributed by atoms with Crippen molar-refractivity contribution in [3.8, 4) is 5.75 Å². The molecular formula is C21H33NO3. The molecule has 1 aromatic rings. The number of ether oxygens (including phenoxy) is 2. The molecule has 1 amide bonds. The Morgan fingerprint density at radius 1 is 1.32 bits per heavy atom. The number of methoxy groups -OCH3 is 1. The van der Waals surface area contributed by atoms with Crippen LogP contribution in [0.5, 0.6) is 5.75 Å². The SMILES string of the molecule is CCCOc1cc(C)c2c(c1C)CC(C(C)C(=O)NCCOC)CC2. The number of aryl methyl sites for hydroxylation is 1. The first kappa shape index (κ1) is 19.8. The molecule has 0 bridgehead atoms. The van der Waals surface area contributed by atoms with E-state index in [1.807, 2.05) is 0 Å². The van der Waals surface area contributed by atoms with Gasteiger partial charge in [-0.25, -0.2) is 0 Å². The third-order valence-electron chi connectivity index (χ3n) is 5.43. The number of hydrogen-bond acceptors (Lipinski definition) is 3. The zero-order chi connectivity index (χ0) is 18.4. The van der Waals surface area contributed by atoms with Crippen LogP contribution in [0.3, 0.4) is 0 Å². The number of amides is 1. The van der Waals surface area contributed by atoms with Crippen LogP contribution in [-0.4, -0.2) is 32.8 Å². The van der Waals surface area contributed by atoms with Gasteiger partial charge in [0.2, 0.25) is 5.91 Å². The van der Waals surface area contributed by atoms with Crippen LogP contribution >= 0.6 is 0 Å². The largest absolute Gasteiger partial charge is 0.493 e. The fraction of sp³-hybridized carbons (Fsp3) is 0.667. The lowest BCUT2D eigenvalue weighted by atomic mass is 9.74. The molecule has 0 heterocycles. The topological polar surface area (TPSA) is 47.6 Å². The Balaban J connectivity index is 2.13. The second-order valence-electron chi connectivity index (χ2n) is 7.20. The summed E-state index contributed by atoms with van der Waals surface area (Å²) in [5.41, 5.74) is 5.44. The number of carbonyl (C=O) groups is 1. The van der Waals surface area contributed by atoms with Crippen LogP contribution < -0.4 is 10.1 Å². The molecule has 2 unspecified atom stereocenters. The summed E-state index contributed by atoms with van der Waals surface area (Å²) in [6.45, 7) is 10.4. The molecule has 0 saturated heterocycles. The molecule has 1 aromatic carbocycles. The van der Waals surface area contributed by atoms with E-state index in [1.165, 1.54) is 22.3 Å². The van der Waals surface area contributed by atoms with Crippen molar-refractivity contribution < 1.29 is 14.3 Å². The van der Waals surface area contributed by atoms with Crippen molar-refractivity contribution in [2.24, 2.45) is 11.8 Å². The highest BCUT2D eigenvalue weighted by Gasteiger charge is 2.30. The predicted molar refractivity (Wildman–Crippen MR) is 101 cm³/mol. The van der Waals surface area contributed by atoms with Gasteiger partial charge in [-0.2, -0.15) is 0 Å². The van der Waals surface area contributed by atoms with Crippen LogP contribution in [-0.2, 0) is 22.4 Å². The molecule has 0 fully saturated rings. The number of rotatable bonds is 8. The molecule has 2 atom stereocenters. The molecule has 25 heavy (non-hydrogen) atoms. The van der Waals surface area contributed by atoms with Crippen molar-refractivity contribution in [3.63, 3.8) is 0 Å². The summed E-state index contributed by atoms with van der Waals surface area (Å²) < 4.78 is 11.0. The van der Waals surface area contributed by atoms with E-state index in [4.69, 9.17) is 9.47 Å². The molecule has 0 radical (unpaired) electrons. The van der Waals surface area contributed by atoms with Crippen LogP contribution in [0.15, 0.2) is 6.07 Å². The predicted octanol–water partition coefficient (Wildman–Crippen LogP) is 3.60. The van der Waals surface area contributed by atoms with E-state index >= 15 is 0 Å². The molecule has 0 saturated carbocycles. The summed E-state index contributed by atoms with van der Waals surface area (Å²) in [5.74, 6) is 1.55. The molecule has 4 nitrogen and oxygen atoms in total. The number of fused-ring (bicyclic) bond motifs is 1. The van der Waals surface area contributed by atoms with E-state index < -0.39 is 0 Å². The van der Waals surface area contributed by atoms with Crippen LogP contribution in [0, 0.1) is 25.7 Å². The van der Waals surface area contributed by atoms with Crippen molar-refractivity contribution in [2.75, 3.05) is 26.9 Å². The molecule has 1 N–H and O–H groups in total. The summed E-state index contributed by atoms with van der Waals surface area (Å²) in [6.07, 6.45) is 4.10. The fourth-order valence-electron chi connectivity index (χ4n) is 3.76. The lowest BCUT2D eigenvalue weighted by Crippen LogP contribution is -2.37. The Labute approximate surface area is 152 Å². The van der Waals surface area contributed by atoms with Gasteiger partial charge >= 0.3 is 0 Å². The second-order valence-corrected chi connectivity index (χ2v) is 7.20. The zero-order valence-electron chi connectivity index (χ0n) is 16.4. The Morgan fingerprint density at radius 3 is 2.76 bits per heavy atom. The Kier molecular flexibility index (Phi) is 7.30. The van der Waals surface area contributed by atoms with Gasteiger partial charge in [0.25, 0.3) is 0 Å². The van der Waals surface area contributed by atoms with Crippen LogP contribution in [0.25, 0.3) is 0 Å². The highest BCUT2D eigenvalue weighted by molar-refractivity contribution is 5.78. The minimum absolute atomic E-state index is 0.0185. The van der Waals surface area contributed by atoms with E-state index in [-0.39, 0.29) is 11.8 Å². The number of nitrogens with one attached hydrogen (secondary N) is 1. The van der Waals surface area contributed by atoms with E-state index in [1.54, 1.807) is 7.11 Å². The maximum Gasteiger partial charge on any atom is 0.223 e. The Hall–Kier alpha value is -1.55. The lowest BCUT2D eigenvalue weighted by Gasteiger charge is -2.31. The lowest BCUT2D eigenvalue weighted by molar-refractivity contribution is -0.126. The van der Waals surface area contributed by atoms with E-state index in [9.17, 15) is 4.79 Å². The van der Waals surface area contributed by atoms with E-state index in [0.717, 1.165) is 38.0 Å². The van der Waals surface area contributed by atoms with Crippen LogP contribution in [0.1, 0.15) is 48.9 Å². The van der Waals surface area contributed by atoms with Gasteiger partial charge in [0.15, 0.2) is 0 Å². The van der Waals surface area contributed by atoms with E-state index in [0.29, 0.717) is 19.1 Å². The van der Waals surface area contributed by atoms with Gasteiger partial charge in [0, 0.05) is 19.6 Å².